The molecule has 3 aromatic rings. The van der Waals surface area contributed by atoms with Crippen molar-refractivity contribution in [3.8, 4) is 11.4 Å². The molecule has 3 heterocycles. The van der Waals surface area contributed by atoms with E-state index in [4.69, 9.17) is 0 Å². The summed E-state index contributed by atoms with van der Waals surface area (Å²) < 4.78 is 14.2. The van der Waals surface area contributed by atoms with E-state index in [2.05, 4.69) is 25.2 Å². The van der Waals surface area contributed by atoms with Gasteiger partial charge in [0, 0.05) is 26.2 Å². The lowest BCUT2D eigenvalue weighted by molar-refractivity contribution is 0.581. The third kappa shape index (κ3) is 2.31. The smallest absolute Gasteiger partial charge is 0.152 e. The molecule has 1 aliphatic heterocycles. The molecule has 1 aliphatic rings. The molecule has 0 saturated carbocycles. The van der Waals surface area contributed by atoms with E-state index in [0.29, 0.717) is 11.4 Å². The zero-order valence-electron chi connectivity index (χ0n) is 12.0. The summed E-state index contributed by atoms with van der Waals surface area (Å²) in [7, 11) is 0. The van der Waals surface area contributed by atoms with Crippen molar-refractivity contribution >= 4 is 16.9 Å². The molecule has 1 fully saturated rings. The van der Waals surface area contributed by atoms with Crippen LogP contribution in [0.3, 0.4) is 0 Å². The van der Waals surface area contributed by atoms with Crippen molar-refractivity contribution in [2.45, 2.75) is 0 Å². The van der Waals surface area contributed by atoms with Gasteiger partial charge in [-0.25, -0.2) is 14.4 Å². The monoisotopic (exact) mass is 297 g/mol. The number of pyridine rings is 1. The molecule has 2 aromatic heterocycles. The van der Waals surface area contributed by atoms with Crippen LogP contribution in [-0.4, -0.2) is 41.1 Å². The van der Waals surface area contributed by atoms with Gasteiger partial charge < -0.3 is 15.2 Å². The van der Waals surface area contributed by atoms with Crippen LogP contribution in [-0.2, 0) is 0 Å². The fraction of sp³-hybridized carbons (Fsp3) is 0.250. The highest BCUT2D eigenvalue weighted by atomic mass is 19.1. The molecule has 6 heteroatoms. The van der Waals surface area contributed by atoms with Crippen LogP contribution in [0.25, 0.3) is 22.4 Å². The van der Waals surface area contributed by atoms with Gasteiger partial charge in [-0.3, -0.25) is 0 Å². The Balaban J connectivity index is 1.76. The first kappa shape index (κ1) is 13.2. The van der Waals surface area contributed by atoms with Gasteiger partial charge in [0.2, 0.25) is 0 Å². The lowest BCUT2D eigenvalue weighted by atomic mass is 10.2. The summed E-state index contributed by atoms with van der Waals surface area (Å²) in [6.45, 7) is 3.58. The summed E-state index contributed by atoms with van der Waals surface area (Å²) in [4.78, 5) is 14.0. The number of nitrogens with one attached hydrogen (secondary N) is 2. The number of imidazole rings is 1. The number of H-pyrrole nitrogens is 1. The van der Waals surface area contributed by atoms with E-state index in [1.165, 1.54) is 6.20 Å². The lowest BCUT2D eigenvalue weighted by Crippen LogP contribution is -2.43. The van der Waals surface area contributed by atoms with Crippen LogP contribution < -0.4 is 10.2 Å². The molecule has 22 heavy (non-hydrogen) atoms. The number of para-hydroxylation sites is 2. The summed E-state index contributed by atoms with van der Waals surface area (Å²) >= 11 is 0. The Bertz CT molecular complexity index is 774. The van der Waals surface area contributed by atoms with E-state index in [1.807, 2.05) is 24.3 Å². The minimum absolute atomic E-state index is 0.363. The highest BCUT2D eigenvalue weighted by Crippen LogP contribution is 2.26. The van der Waals surface area contributed by atoms with Gasteiger partial charge in [0.15, 0.2) is 5.82 Å². The topological polar surface area (TPSA) is 56.8 Å². The zero-order valence-corrected chi connectivity index (χ0v) is 12.0. The molecule has 0 unspecified atom stereocenters. The molecule has 0 amide bonds. The van der Waals surface area contributed by atoms with Crippen molar-refractivity contribution in [2.24, 2.45) is 0 Å². The number of aromatic nitrogens is 3. The van der Waals surface area contributed by atoms with Crippen molar-refractivity contribution in [1.82, 2.24) is 20.3 Å². The van der Waals surface area contributed by atoms with Gasteiger partial charge >= 0.3 is 0 Å². The highest BCUT2D eigenvalue weighted by molar-refractivity contribution is 5.79. The maximum Gasteiger partial charge on any atom is 0.152 e. The molecule has 5 nitrogen and oxygen atoms in total. The molecule has 112 valence electrons. The van der Waals surface area contributed by atoms with Crippen LogP contribution in [0.4, 0.5) is 10.2 Å². The molecule has 4 rings (SSSR count). The fourth-order valence-electron chi connectivity index (χ4n) is 2.76. The second kappa shape index (κ2) is 5.38. The Morgan fingerprint density at radius 2 is 1.95 bits per heavy atom. The van der Waals surface area contributed by atoms with Crippen molar-refractivity contribution < 1.29 is 4.39 Å². The number of halogens is 1. The van der Waals surface area contributed by atoms with Crippen LogP contribution >= 0.6 is 0 Å². The van der Waals surface area contributed by atoms with Crippen LogP contribution in [0.15, 0.2) is 36.5 Å². The molecular weight excluding hydrogens is 281 g/mol. The first-order valence-corrected chi connectivity index (χ1v) is 7.37. The van der Waals surface area contributed by atoms with Gasteiger partial charge in [-0.1, -0.05) is 12.1 Å². The summed E-state index contributed by atoms with van der Waals surface area (Å²) in [6.07, 6.45) is 1.28. The number of aromatic amines is 1. The summed E-state index contributed by atoms with van der Waals surface area (Å²) in [6, 6.07) is 9.47. The maximum atomic E-state index is 14.2. The number of fused-ring (bicyclic) bond motifs is 1. The van der Waals surface area contributed by atoms with E-state index in [1.54, 1.807) is 6.07 Å². The van der Waals surface area contributed by atoms with Crippen molar-refractivity contribution in [1.29, 1.82) is 0 Å². The van der Waals surface area contributed by atoms with Crippen LogP contribution in [0.1, 0.15) is 0 Å². The van der Waals surface area contributed by atoms with Gasteiger partial charge in [0.05, 0.1) is 22.8 Å². The number of anilines is 1. The maximum absolute atomic E-state index is 14.2. The van der Waals surface area contributed by atoms with Crippen LogP contribution in [0.5, 0.6) is 0 Å². The highest BCUT2D eigenvalue weighted by Gasteiger charge is 2.16. The van der Waals surface area contributed by atoms with Gasteiger partial charge in [-0.05, 0) is 18.2 Å². The molecule has 0 bridgehead atoms. The van der Waals surface area contributed by atoms with Gasteiger partial charge in [0.1, 0.15) is 11.6 Å². The SMILES string of the molecule is Fc1cnc(N2CCNCC2)cc1-c1nc2ccccc2[nH]1. The standard InChI is InChI=1S/C16H16FN5/c17-12-10-19-15(22-7-5-18-6-8-22)9-11(12)16-20-13-3-1-2-4-14(13)21-16/h1-4,9-10,18H,5-8H2,(H,20,21). The molecule has 1 saturated heterocycles. The quantitative estimate of drug-likeness (QED) is 0.761. The third-order valence-electron chi connectivity index (χ3n) is 3.93. The fourth-order valence-corrected chi connectivity index (χ4v) is 2.76. The number of benzene rings is 1. The van der Waals surface area contributed by atoms with Gasteiger partial charge in [0.25, 0.3) is 0 Å². The average Bonchev–Trinajstić information content (AvgIpc) is 3.00. The number of hydrogen-bond donors (Lipinski definition) is 2. The molecule has 0 aliphatic carbocycles. The Hall–Kier alpha value is -2.47. The first-order chi connectivity index (χ1) is 10.8. The average molecular weight is 297 g/mol. The lowest BCUT2D eigenvalue weighted by Gasteiger charge is -2.28. The number of piperazine rings is 1. The van der Waals surface area contributed by atoms with Crippen LogP contribution in [0.2, 0.25) is 0 Å². The predicted octanol–water partition coefficient (Wildman–Crippen LogP) is 2.17. The minimum Gasteiger partial charge on any atom is -0.354 e. The third-order valence-corrected chi connectivity index (χ3v) is 3.93. The molecule has 0 atom stereocenters. The van der Waals surface area contributed by atoms with Gasteiger partial charge in [-0.2, -0.15) is 0 Å². The summed E-state index contributed by atoms with van der Waals surface area (Å²) in [5.41, 5.74) is 2.19. The van der Waals surface area contributed by atoms with Crippen LogP contribution in [0, 0.1) is 5.82 Å². The van der Waals surface area contributed by atoms with Crippen molar-refractivity contribution in [3.05, 3.63) is 42.3 Å². The molecule has 2 N–H and O–H groups in total. The van der Waals surface area contributed by atoms with E-state index >= 15 is 0 Å². The zero-order chi connectivity index (χ0) is 14.9. The van der Waals surface area contributed by atoms with E-state index in [-0.39, 0.29) is 5.82 Å². The van der Waals surface area contributed by atoms with Crippen molar-refractivity contribution in [3.63, 3.8) is 0 Å². The number of rotatable bonds is 2. The second-order valence-corrected chi connectivity index (χ2v) is 5.36. The molecule has 1 aromatic carbocycles. The largest absolute Gasteiger partial charge is 0.354 e. The normalized spacial score (nSPS) is 15.4. The second-order valence-electron chi connectivity index (χ2n) is 5.36. The van der Waals surface area contributed by atoms with E-state index in [9.17, 15) is 4.39 Å². The Labute approximate surface area is 127 Å². The molecular formula is C16H16FN5. The number of nitrogens with zero attached hydrogens (tertiary/aromatic N) is 3. The van der Waals surface area contributed by atoms with Crippen molar-refractivity contribution in [2.75, 3.05) is 31.1 Å². The minimum atomic E-state index is -0.363. The first-order valence-electron chi connectivity index (χ1n) is 7.37. The van der Waals surface area contributed by atoms with E-state index in [0.717, 1.165) is 43.0 Å². The summed E-state index contributed by atoms with van der Waals surface area (Å²) in [5.74, 6) is 0.966. The Morgan fingerprint density at radius 1 is 1.14 bits per heavy atom. The Kier molecular flexibility index (Phi) is 3.23. The number of hydrogen-bond acceptors (Lipinski definition) is 4. The summed E-state index contributed by atoms with van der Waals surface area (Å²) in [5, 5.41) is 3.30. The molecule has 0 radical (unpaired) electrons. The van der Waals surface area contributed by atoms with Gasteiger partial charge in [-0.15, -0.1) is 0 Å². The van der Waals surface area contributed by atoms with E-state index < -0.39 is 0 Å². The predicted molar refractivity (Wildman–Crippen MR) is 84.4 cm³/mol. The Morgan fingerprint density at radius 3 is 2.77 bits per heavy atom. The molecule has 0 spiro atoms.